The minimum absolute atomic E-state index is 0.132. The van der Waals surface area contributed by atoms with Crippen LogP contribution in [-0.2, 0) is 19.3 Å². The molecule has 0 amide bonds. The predicted molar refractivity (Wildman–Crippen MR) is 55.4 cm³/mol. The van der Waals surface area contributed by atoms with Gasteiger partial charge in [0.1, 0.15) is 0 Å². The van der Waals surface area contributed by atoms with Gasteiger partial charge in [-0.3, -0.25) is 0 Å². The average Bonchev–Trinajstić information content (AvgIpc) is 2.34. The largest absolute Gasteiger partial charge is 0.549 e. The zero-order chi connectivity index (χ0) is 11.8. The molecule has 5 heteroatoms. The summed E-state index contributed by atoms with van der Waals surface area (Å²) in [6.45, 7) is 2.13. The van der Waals surface area contributed by atoms with Gasteiger partial charge in [-0.05, 0) is 19.3 Å². The molecule has 0 unspecified atom stereocenters. The quantitative estimate of drug-likeness (QED) is 0.423. The molecule has 1 rings (SSSR count). The lowest BCUT2D eigenvalue weighted by Gasteiger charge is -2.18. The summed E-state index contributed by atoms with van der Waals surface area (Å²) in [6.07, 6.45) is 4.58. The highest BCUT2D eigenvalue weighted by Gasteiger charge is 2.24. The highest BCUT2D eigenvalue weighted by atomic mass is 17.2. The van der Waals surface area contributed by atoms with E-state index in [0.29, 0.717) is 6.42 Å². The van der Waals surface area contributed by atoms with Crippen LogP contribution in [0.1, 0.15) is 45.4 Å². The van der Waals surface area contributed by atoms with Crippen LogP contribution in [0, 0.1) is 5.92 Å². The molecule has 0 N–H and O–H groups in total. The third-order valence-electron chi connectivity index (χ3n) is 2.55. The number of carbonyl (C=O) groups is 2. The molecule has 0 bridgehead atoms. The maximum absolute atomic E-state index is 11.4. The monoisotopic (exact) mass is 230 g/mol. The second kappa shape index (κ2) is 7.09. The Kier molecular flexibility index (Phi) is 5.67. The van der Waals surface area contributed by atoms with Crippen LogP contribution in [-0.4, -0.2) is 18.7 Å². The van der Waals surface area contributed by atoms with Crippen LogP contribution in [0.3, 0.4) is 0 Å². The molecule has 0 aromatic heterocycles. The molecule has 0 aromatic rings. The molecule has 0 radical (unpaired) electrons. The van der Waals surface area contributed by atoms with Gasteiger partial charge >= 0.3 is 12.1 Å². The van der Waals surface area contributed by atoms with Gasteiger partial charge in [-0.1, -0.05) is 26.2 Å². The third kappa shape index (κ3) is 4.51. The van der Waals surface area contributed by atoms with Gasteiger partial charge in [0.15, 0.2) is 0 Å². The van der Waals surface area contributed by atoms with Crippen molar-refractivity contribution in [1.29, 1.82) is 0 Å². The molecular weight excluding hydrogens is 212 g/mol. The first-order chi connectivity index (χ1) is 7.74. The second-order valence-corrected chi connectivity index (χ2v) is 3.92. The van der Waals surface area contributed by atoms with Crippen LogP contribution in [0.5, 0.6) is 0 Å². The van der Waals surface area contributed by atoms with Crippen LogP contribution in [0.15, 0.2) is 0 Å². The Morgan fingerprint density at radius 1 is 1.12 bits per heavy atom. The Labute approximate surface area is 95.0 Å². The molecule has 0 spiro atoms. The van der Waals surface area contributed by atoms with Crippen molar-refractivity contribution in [2.75, 3.05) is 6.61 Å². The standard InChI is InChI=1S/C11H18O5/c1-2-8-14-11(13)16-15-10(12)9-6-4-3-5-7-9/h9H,2-8H2,1H3. The van der Waals surface area contributed by atoms with Crippen LogP contribution >= 0.6 is 0 Å². The van der Waals surface area contributed by atoms with E-state index >= 15 is 0 Å². The topological polar surface area (TPSA) is 61.8 Å². The summed E-state index contributed by atoms with van der Waals surface area (Å²) in [5.41, 5.74) is 0. The molecule has 0 heterocycles. The first kappa shape index (κ1) is 12.8. The molecule has 0 atom stereocenters. The summed E-state index contributed by atoms with van der Waals surface area (Å²) in [5, 5.41) is 0. The zero-order valence-electron chi connectivity index (χ0n) is 9.57. The minimum Gasteiger partial charge on any atom is -0.432 e. The molecule has 0 aliphatic heterocycles. The summed E-state index contributed by atoms with van der Waals surface area (Å²) < 4.78 is 4.59. The SMILES string of the molecule is CCCOC(=O)OOC(=O)C1CCCCC1. The molecule has 0 saturated heterocycles. The molecule has 16 heavy (non-hydrogen) atoms. The van der Waals surface area contributed by atoms with E-state index in [9.17, 15) is 9.59 Å². The van der Waals surface area contributed by atoms with E-state index in [4.69, 9.17) is 0 Å². The van der Waals surface area contributed by atoms with Crippen LogP contribution in [0.25, 0.3) is 0 Å². The lowest BCUT2D eigenvalue weighted by atomic mass is 9.89. The Morgan fingerprint density at radius 2 is 1.81 bits per heavy atom. The van der Waals surface area contributed by atoms with Gasteiger partial charge in [0.05, 0.1) is 12.5 Å². The normalized spacial score (nSPS) is 16.6. The molecule has 92 valence electrons. The van der Waals surface area contributed by atoms with Gasteiger partial charge < -0.3 is 4.74 Å². The molecule has 1 fully saturated rings. The molecule has 0 aromatic carbocycles. The lowest BCUT2D eigenvalue weighted by Crippen LogP contribution is -2.22. The molecule has 5 nitrogen and oxygen atoms in total. The van der Waals surface area contributed by atoms with E-state index in [-0.39, 0.29) is 12.5 Å². The van der Waals surface area contributed by atoms with Gasteiger partial charge in [-0.25, -0.2) is 14.6 Å². The number of ether oxygens (including phenoxy) is 1. The zero-order valence-corrected chi connectivity index (χ0v) is 9.57. The fourth-order valence-corrected chi connectivity index (χ4v) is 1.69. The summed E-state index contributed by atoms with van der Waals surface area (Å²) in [6, 6.07) is 0. The molecule has 1 saturated carbocycles. The Morgan fingerprint density at radius 3 is 2.44 bits per heavy atom. The van der Waals surface area contributed by atoms with Crippen LogP contribution in [0.2, 0.25) is 0 Å². The maximum atomic E-state index is 11.4. The summed E-state index contributed by atoms with van der Waals surface area (Å²) in [7, 11) is 0. The van der Waals surface area contributed by atoms with Gasteiger partial charge in [-0.15, -0.1) is 0 Å². The first-order valence-corrected chi connectivity index (χ1v) is 5.79. The van der Waals surface area contributed by atoms with Crippen molar-refractivity contribution in [2.24, 2.45) is 5.92 Å². The van der Waals surface area contributed by atoms with Gasteiger partial charge in [-0.2, -0.15) is 4.79 Å². The van der Waals surface area contributed by atoms with Crippen molar-refractivity contribution < 1.29 is 24.1 Å². The minimum atomic E-state index is -0.953. The Bertz CT molecular complexity index is 233. The van der Waals surface area contributed by atoms with Crippen LogP contribution in [0.4, 0.5) is 4.79 Å². The van der Waals surface area contributed by atoms with Gasteiger partial charge in [0.2, 0.25) is 0 Å². The van der Waals surface area contributed by atoms with E-state index in [1.165, 1.54) is 0 Å². The number of carbonyl (C=O) groups excluding carboxylic acids is 2. The van der Waals surface area contributed by atoms with E-state index in [2.05, 4.69) is 14.5 Å². The van der Waals surface area contributed by atoms with Crippen molar-refractivity contribution >= 4 is 12.1 Å². The van der Waals surface area contributed by atoms with Crippen molar-refractivity contribution in [3.63, 3.8) is 0 Å². The van der Waals surface area contributed by atoms with Crippen LogP contribution < -0.4 is 0 Å². The Balaban J connectivity index is 2.15. The fourth-order valence-electron chi connectivity index (χ4n) is 1.69. The highest BCUT2D eigenvalue weighted by molar-refractivity contribution is 5.73. The fraction of sp³-hybridized carbons (Fsp3) is 0.818. The summed E-state index contributed by atoms with van der Waals surface area (Å²) >= 11 is 0. The van der Waals surface area contributed by atoms with Crippen molar-refractivity contribution in [3.8, 4) is 0 Å². The molecule has 1 aliphatic carbocycles. The van der Waals surface area contributed by atoms with E-state index in [1.807, 2.05) is 6.92 Å². The molecular formula is C11H18O5. The maximum Gasteiger partial charge on any atom is 0.549 e. The molecule has 1 aliphatic rings. The average molecular weight is 230 g/mol. The van der Waals surface area contributed by atoms with Crippen molar-refractivity contribution in [1.82, 2.24) is 0 Å². The van der Waals surface area contributed by atoms with Gasteiger partial charge in [0.25, 0.3) is 0 Å². The third-order valence-corrected chi connectivity index (χ3v) is 2.55. The first-order valence-electron chi connectivity index (χ1n) is 5.79. The Hall–Kier alpha value is -1.26. The lowest BCUT2D eigenvalue weighted by molar-refractivity contribution is -0.248. The van der Waals surface area contributed by atoms with Crippen molar-refractivity contribution in [3.05, 3.63) is 0 Å². The van der Waals surface area contributed by atoms with E-state index < -0.39 is 12.1 Å². The predicted octanol–water partition coefficient (Wildman–Crippen LogP) is 2.59. The summed E-state index contributed by atoms with van der Waals surface area (Å²) in [4.78, 5) is 31.0. The van der Waals surface area contributed by atoms with E-state index in [0.717, 1.165) is 32.1 Å². The number of rotatable bonds is 3. The van der Waals surface area contributed by atoms with E-state index in [1.54, 1.807) is 0 Å². The smallest absolute Gasteiger partial charge is 0.432 e. The number of hydrogen-bond donors (Lipinski definition) is 0. The second-order valence-electron chi connectivity index (χ2n) is 3.92. The summed E-state index contributed by atoms with van der Waals surface area (Å²) in [5.74, 6) is -0.596. The highest BCUT2D eigenvalue weighted by Crippen LogP contribution is 2.24. The van der Waals surface area contributed by atoms with Crippen molar-refractivity contribution in [2.45, 2.75) is 45.4 Å². The number of hydrogen-bond acceptors (Lipinski definition) is 5. The van der Waals surface area contributed by atoms with Gasteiger partial charge in [0, 0.05) is 0 Å².